The SMILES string of the molecule is CCCCC(CC)CNc1nnc(CNC(C)C)o1. The van der Waals surface area contributed by atoms with E-state index in [1.54, 1.807) is 0 Å². The van der Waals surface area contributed by atoms with E-state index in [1.165, 1.54) is 25.7 Å². The Balaban J connectivity index is 2.32. The molecule has 5 heteroatoms. The van der Waals surface area contributed by atoms with Crippen molar-refractivity contribution in [1.82, 2.24) is 15.5 Å². The van der Waals surface area contributed by atoms with Crippen molar-refractivity contribution in [2.75, 3.05) is 11.9 Å². The Morgan fingerprint density at radius 3 is 2.63 bits per heavy atom. The Morgan fingerprint density at radius 2 is 2.00 bits per heavy atom. The van der Waals surface area contributed by atoms with Crippen LogP contribution in [-0.4, -0.2) is 22.8 Å². The molecule has 0 amide bonds. The number of hydrogen-bond acceptors (Lipinski definition) is 5. The van der Waals surface area contributed by atoms with Crippen LogP contribution in [0.1, 0.15) is 59.3 Å². The Kier molecular flexibility index (Phi) is 7.48. The van der Waals surface area contributed by atoms with E-state index in [4.69, 9.17) is 4.42 Å². The molecule has 0 saturated heterocycles. The van der Waals surface area contributed by atoms with Gasteiger partial charge in [-0.05, 0) is 12.3 Å². The predicted octanol–water partition coefficient (Wildman–Crippen LogP) is 3.20. The molecule has 0 radical (unpaired) electrons. The fraction of sp³-hybridized carbons (Fsp3) is 0.857. The first-order valence-corrected chi connectivity index (χ1v) is 7.45. The van der Waals surface area contributed by atoms with Crippen molar-refractivity contribution in [1.29, 1.82) is 0 Å². The molecule has 0 aliphatic heterocycles. The molecule has 0 aliphatic carbocycles. The Labute approximate surface area is 116 Å². The number of aromatic nitrogens is 2. The van der Waals surface area contributed by atoms with Crippen molar-refractivity contribution in [2.24, 2.45) is 5.92 Å². The molecule has 1 aromatic rings. The van der Waals surface area contributed by atoms with E-state index in [0.29, 0.717) is 30.4 Å². The van der Waals surface area contributed by atoms with Gasteiger partial charge in [-0.25, -0.2) is 0 Å². The van der Waals surface area contributed by atoms with Crippen molar-refractivity contribution >= 4 is 6.01 Å². The third-order valence-electron chi connectivity index (χ3n) is 3.21. The van der Waals surface area contributed by atoms with Gasteiger partial charge in [0.15, 0.2) is 0 Å². The van der Waals surface area contributed by atoms with Crippen LogP contribution < -0.4 is 10.6 Å². The second kappa shape index (κ2) is 8.91. The standard InChI is InChI=1S/C14H28N4O/c1-5-7-8-12(6-2)9-16-14-18-17-13(19-14)10-15-11(3)4/h11-12,15H,5-10H2,1-4H3,(H,16,18). The minimum absolute atomic E-state index is 0.418. The maximum Gasteiger partial charge on any atom is 0.315 e. The van der Waals surface area contributed by atoms with E-state index < -0.39 is 0 Å². The van der Waals surface area contributed by atoms with Crippen LogP contribution >= 0.6 is 0 Å². The molecule has 1 unspecified atom stereocenters. The van der Waals surface area contributed by atoms with Crippen molar-refractivity contribution in [3.8, 4) is 0 Å². The highest BCUT2D eigenvalue weighted by Crippen LogP contribution is 2.14. The number of unbranched alkanes of at least 4 members (excludes halogenated alkanes) is 1. The Morgan fingerprint density at radius 1 is 1.21 bits per heavy atom. The molecular formula is C14H28N4O. The fourth-order valence-corrected chi connectivity index (χ4v) is 1.86. The average Bonchev–Trinajstić information content (AvgIpc) is 2.84. The van der Waals surface area contributed by atoms with E-state index >= 15 is 0 Å². The van der Waals surface area contributed by atoms with Gasteiger partial charge in [0.25, 0.3) is 0 Å². The van der Waals surface area contributed by atoms with Gasteiger partial charge in [0.1, 0.15) is 0 Å². The van der Waals surface area contributed by atoms with Gasteiger partial charge in [0.05, 0.1) is 6.54 Å². The lowest BCUT2D eigenvalue weighted by molar-refractivity contribution is 0.443. The highest BCUT2D eigenvalue weighted by molar-refractivity contribution is 5.16. The molecule has 0 fully saturated rings. The molecule has 110 valence electrons. The number of nitrogens with one attached hydrogen (secondary N) is 2. The van der Waals surface area contributed by atoms with Gasteiger partial charge in [0, 0.05) is 12.6 Å². The predicted molar refractivity (Wildman–Crippen MR) is 78.1 cm³/mol. The van der Waals surface area contributed by atoms with Gasteiger partial charge in [0.2, 0.25) is 5.89 Å². The van der Waals surface area contributed by atoms with Gasteiger partial charge in [-0.3, -0.25) is 0 Å². The van der Waals surface area contributed by atoms with Crippen LogP contribution in [0.2, 0.25) is 0 Å². The van der Waals surface area contributed by atoms with Crippen LogP contribution in [0.5, 0.6) is 0 Å². The summed E-state index contributed by atoms with van der Waals surface area (Å²) in [6.07, 6.45) is 4.98. The zero-order chi connectivity index (χ0) is 14.1. The molecule has 0 aromatic carbocycles. The highest BCUT2D eigenvalue weighted by atomic mass is 16.4. The van der Waals surface area contributed by atoms with Gasteiger partial charge in [-0.15, -0.1) is 5.10 Å². The summed E-state index contributed by atoms with van der Waals surface area (Å²) in [5.41, 5.74) is 0. The minimum Gasteiger partial charge on any atom is -0.407 e. The maximum atomic E-state index is 5.54. The van der Waals surface area contributed by atoms with E-state index in [2.05, 4.69) is 48.5 Å². The topological polar surface area (TPSA) is 63.0 Å². The zero-order valence-corrected chi connectivity index (χ0v) is 12.7. The quantitative estimate of drug-likeness (QED) is 0.682. The molecule has 0 bridgehead atoms. The van der Waals surface area contributed by atoms with Crippen LogP contribution in [0, 0.1) is 5.92 Å². The first-order chi connectivity index (χ1) is 9.15. The summed E-state index contributed by atoms with van der Waals surface area (Å²) < 4.78 is 5.54. The van der Waals surface area contributed by atoms with E-state index in [9.17, 15) is 0 Å². The zero-order valence-electron chi connectivity index (χ0n) is 12.7. The van der Waals surface area contributed by atoms with E-state index in [1.807, 2.05) is 0 Å². The molecule has 0 spiro atoms. The fourth-order valence-electron chi connectivity index (χ4n) is 1.86. The summed E-state index contributed by atoms with van der Waals surface area (Å²) in [5.74, 6) is 1.32. The molecule has 19 heavy (non-hydrogen) atoms. The normalized spacial score (nSPS) is 12.9. The summed E-state index contributed by atoms with van der Waals surface area (Å²) in [5, 5.41) is 14.5. The summed E-state index contributed by atoms with van der Waals surface area (Å²) in [6.45, 7) is 10.2. The number of nitrogens with zero attached hydrogens (tertiary/aromatic N) is 2. The maximum absolute atomic E-state index is 5.54. The molecule has 1 heterocycles. The second-order valence-corrected chi connectivity index (χ2v) is 5.33. The lowest BCUT2D eigenvalue weighted by Crippen LogP contribution is -2.21. The summed E-state index contributed by atoms with van der Waals surface area (Å²) >= 11 is 0. The highest BCUT2D eigenvalue weighted by Gasteiger charge is 2.09. The lowest BCUT2D eigenvalue weighted by Gasteiger charge is -2.13. The monoisotopic (exact) mass is 268 g/mol. The third-order valence-corrected chi connectivity index (χ3v) is 3.21. The summed E-state index contributed by atoms with van der Waals surface area (Å²) in [4.78, 5) is 0. The Bertz CT molecular complexity index is 338. The van der Waals surface area contributed by atoms with Crippen molar-refractivity contribution in [3.63, 3.8) is 0 Å². The molecule has 0 saturated carbocycles. The first-order valence-electron chi connectivity index (χ1n) is 7.45. The minimum atomic E-state index is 0.418. The largest absolute Gasteiger partial charge is 0.407 e. The molecule has 2 N–H and O–H groups in total. The molecule has 0 aliphatic rings. The third kappa shape index (κ3) is 6.57. The van der Waals surface area contributed by atoms with Crippen molar-refractivity contribution < 1.29 is 4.42 Å². The molecule has 1 atom stereocenters. The van der Waals surface area contributed by atoms with Gasteiger partial charge < -0.3 is 15.1 Å². The summed E-state index contributed by atoms with van der Waals surface area (Å²) in [6, 6.07) is 0.956. The van der Waals surface area contributed by atoms with Crippen LogP contribution in [0.4, 0.5) is 6.01 Å². The van der Waals surface area contributed by atoms with Crippen LogP contribution in [-0.2, 0) is 6.54 Å². The lowest BCUT2D eigenvalue weighted by atomic mass is 10.00. The molecular weight excluding hydrogens is 240 g/mol. The first kappa shape index (κ1) is 16.0. The van der Waals surface area contributed by atoms with E-state index in [0.717, 1.165) is 6.54 Å². The van der Waals surface area contributed by atoms with Crippen LogP contribution in [0.25, 0.3) is 0 Å². The van der Waals surface area contributed by atoms with Gasteiger partial charge in [-0.1, -0.05) is 52.1 Å². The number of hydrogen-bond donors (Lipinski definition) is 2. The summed E-state index contributed by atoms with van der Waals surface area (Å²) in [7, 11) is 0. The Hall–Kier alpha value is -1.10. The molecule has 5 nitrogen and oxygen atoms in total. The van der Waals surface area contributed by atoms with Crippen molar-refractivity contribution in [3.05, 3.63) is 5.89 Å². The van der Waals surface area contributed by atoms with E-state index in [-0.39, 0.29) is 0 Å². The average molecular weight is 268 g/mol. The van der Waals surface area contributed by atoms with Gasteiger partial charge >= 0.3 is 6.01 Å². The smallest absolute Gasteiger partial charge is 0.315 e. The van der Waals surface area contributed by atoms with Crippen LogP contribution in [0.15, 0.2) is 4.42 Å². The molecule has 1 aromatic heterocycles. The number of rotatable bonds is 10. The van der Waals surface area contributed by atoms with Crippen molar-refractivity contribution in [2.45, 2.75) is 66.0 Å². The number of anilines is 1. The van der Waals surface area contributed by atoms with Crippen LogP contribution in [0.3, 0.4) is 0 Å². The molecule has 1 rings (SSSR count). The second-order valence-electron chi connectivity index (χ2n) is 5.33. The van der Waals surface area contributed by atoms with Gasteiger partial charge in [-0.2, -0.15) is 0 Å².